The lowest BCUT2D eigenvalue weighted by Gasteiger charge is -1.95. The predicted molar refractivity (Wildman–Crippen MR) is 44.8 cm³/mol. The second-order valence-corrected chi connectivity index (χ2v) is 4.85. The minimum atomic E-state index is -3.74. The van der Waals surface area contributed by atoms with Crippen molar-refractivity contribution in [2.24, 2.45) is 0 Å². The van der Waals surface area contributed by atoms with Crippen molar-refractivity contribution in [1.29, 1.82) is 0 Å². The normalized spacial score (nSPS) is 11.5. The second-order valence-electron chi connectivity index (χ2n) is 2.29. The molecule has 1 rings (SSSR count). The summed E-state index contributed by atoms with van der Waals surface area (Å²) >= 11 is 0. The number of H-pyrrole nitrogens is 1. The molecule has 0 fully saturated rings. The predicted octanol–water partition coefficient (Wildman–Crippen LogP) is 0.611. The molecule has 0 aliphatic rings. The number of hydrogen-bond acceptors (Lipinski definition) is 3. The molecule has 1 aromatic rings. The van der Waals surface area contributed by atoms with Crippen LogP contribution in [0.25, 0.3) is 0 Å². The van der Waals surface area contributed by atoms with E-state index < -0.39 is 9.05 Å². The highest BCUT2D eigenvalue weighted by Crippen LogP contribution is 2.12. The van der Waals surface area contributed by atoms with Crippen molar-refractivity contribution in [2.75, 3.05) is 0 Å². The summed E-state index contributed by atoms with van der Waals surface area (Å²) in [5, 5.41) is 0. The number of nitrogens with one attached hydrogen (secondary N) is 1. The standard InChI is InChI=1S/C6H6ClNO3S/c1-4-2-5(12(7,10)11)3-8-6(4)9/h2-3H,1H3,(H,8,9). The molecule has 4 nitrogen and oxygen atoms in total. The van der Waals surface area contributed by atoms with Crippen molar-refractivity contribution in [2.45, 2.75) is 11.8 Å². The smallest absolute Gasteiger partial charge is 0.262 e. The Morgan fingerprint density at radius 2 is 2.08 bits per heavy atom. The van der Waals surface area contributed by atoms with Gasteiger partial charge in [0.15, 0.2) is 0 Å². The van der Waals surface area contributed by atoms with Gasteiger partial charge in [0.05, 0.1) is 4.90 Å². The Bertz CT molecular complexity index is 448. The highest BCUT2D eigenvalue weighted by Gasteiger charge is 2.10. The van der Waals surface area contributed by atoms with E-state index in [1.807, 2.05) is 0 Å². The molecule has 0 saturated heterocycles. The van der Waals surface area contributed by atoms with Crippen LogP contribution in [-0.2, 0) is 9.05 Å². The summed E-state index contributed by atoms with van der Waals surface area (Å²) in [5.74, 6) is 0. The Hall–Kier alpha value is -0.810. The van der Waals surface area contributed by atoms with Crippen LogP contribution in [0.3, 0.4) is 0 Å². The molecule has 1 heterocycles. The molecule has 0 aliphatic heterocycles. The van der Waals surface area contributed by atoms with Crippen LogP contribution in [0.1, 0.15) is 5.56 Å². The van der Waals surface area contributed by atoms with Gasteiger partial charge in [-0.15, -0.1) is 0 Å². The molecule has 0 bridgehead atoms. The first-order valence-electron chi connectivity index (χ1n) is 3.05. The van der Waals surface area contributed by atoms with E-state index in [0.717, 1.165) is 6.20 Å². The molecule has 6 heteroatoms. The van der Waals surface area contributed by atoms with Crippen LogP contribution in [0.5, 0.6) is 0 Å². The lowest BCUT2D eigenvalue weighted by molar-refractivity contribution is 0.609. The Balaban J connectivity index is 3.43. The molecule has 0 aliphatic carbocycles. The van der Waals surface area contributed by atoms with E-state index in [1.54, 1.807) is 0 Å². The molecule has 0 saturated carbocycles. The van der Waals surface area contributed by atoms with Crippen molar-refractivity contribution < 1.29 is 8.42 Å². The van der Waals surface area contributed by atoms with Gasteiger partial charge in [-0.1, -0.05) is 0 Å². The zero-order chi connectivity index (χ0) is 9.35. The molecule has 0 spiro atoms. The highest BCUT2D eigenvalue weighted by atomic mass is 35.7. The average molecular weight is 208 g/mol. The summed E-state index contributed by atoms with van der Waals surface area (Å²) in [7, 11) is 1.29. The highest BCUT2D eigenvalue weighted by molar-refractivity contribution is 8.13. The Labute approximate surface area is 73.6 Å². The zero-order valence-electron chi connectivity index (χ0n) is 6.17. The van der Waals surface area contributed by atoms with Crippen LogP contribution in [-0.4, -0.2) is 13.4 Å². The molecule has 66 valence electrons. The number of aromatic amines is 1. The summed E-state index contributed by atoms with van der Waals surface area (Å²) in [6, 6.07) is 1.22. The van der Waals surface area contributed by atoms with Gasteiger partial charge in [-0.05, 0) is 13.0 Å². The molecule has 1 aromatic heterocycles. The quantitative estimate of drug-likeness (QED) is 0.687. The van der Waals surface area contributed by atoms with Crippen LogP contribution < -0.4 is 5.56 Å². The summed E-state index contributed by atoms with van der Waals surface area (Å²) in [6.45, 7) is 1.50. The lowest BCUT2D eigenvalue weighted by Crippen LogP contribution is -2.09. The Morgan fingerprint density at radius 1 is 1.50 bits per heavy atom. The minimum Gasteiger partial charge on any atom is -0.328 e. The third-order valence-electron chi connectivity index (χ3n) is 1.34. The van der Waals surface area contributed by atoms with E-state index in [0.29, 0.717) is 5.56 Å². The number of halogens is 1. The van der Waals surface area contributed by atoms with Crippen molar-refractivity contribution in [3.8, 4) is 0 Å². The van der Waals surface area contributed by atoms with Crippen molar-refractivity contribution >= 4 is 19.7 Å². The third-order valence-corrected chi connectivity index (χ3v) is 2.68. The Kier molecular flexibility index (Phi) is 2.25. The Morgan fingerprint density at radius 3 is 2.50 bits per heavy atom. The van der Waals surface area contributed by atoms with Gasteiger partial charge in [-0.3, -0.25) is 4.79 Å². The van der Waals surface area contributed by atoms with Crippen LogP contribution in [0.15, 0.2) is 22.0 Å². The number of hydrogen-bond donors (Lipinski definition) is 1. The van der Waals surface area contributed by atoms with Gasteiger partial charge in [0.2, 0.25) is 0 Å². The zero-order valence-corrected chi connectivity index (χ0v) is 7.74. The molecule has 0 aromatic carbocycles. The van der Waals surface area contributed by atoms with Crippen molar-refractivity contribution in [3.05, 3.63) is 28.2 Å². The molecular formula is C6H6ClNO3S. The third kappa shape index (κ3) is 1.86. The van der Waals surface area contributed by atoms with E-state index in [2.05, 4.69) is 4.98 Å². The van der Waals surface area contributed by atoms with E-state index in [1.165, 1.54) is 13.0 Å². The van der Waals surface area contributed by atoms with E-state index in [-0.39, 0.29) is 10.5 Å². The molecular weight excluding hydrogens is 202 g/mol. The topological polar surface area (TPSA) is 67.0 Å². The lowest BCUT2D eigenvalue weighted by atomic mass is 10.3. The second kappa shape index (κ2) is 2.91. The van der Waals surface area contributed by atoms with Crippen molar-refractivity contribution in [3.63, 3.8) is 0 Å². The van der Waals surface area contributed by atoms with Gasteiger partial charge in [-0.2, -0.15) is 0 Å². The van der Waals surface area contributed by atoms with Gasteiger partial charge < -0.3 is 4.98 Å². The first-order chi connectivity index (χ1) is 5.41. The SMILES string of the molecule is Cc1cc(S(=O)(=O)Cl)c[nH]c1=O. The van der Waals surface area contributed by atoms with E-state index in [9.17, 15) is 13.2 Å². The first kappa shape index (κ1) is 9.28. The number of rotatable bonds is 1. The molecule has 0 atom stereocenters. The average Bonchev–Trinajstić information content (AvgIpc) is 1.92. The van der Waals surface area contributed by atoms with Crippen LogP contribution in [0.4, 0.5) is 0 Å². The number of aryl methyl sites for hydroxylation is 1. The van der Waals surface area contributed by atoms with Gasteiger partial charge in [0.1, 0.15) is 0 Å². The monoisotopic (exact) mass is 207 g/mol. The number of pyridine rings is 1. The fraction of sp³-hybridized carbons (Fsp3) is 0.167. The van der Waals surface area contributed by atoms with Crippen LogP contribution in [0, 0.1) is 6.92 Å². The van der Waals surface area contributed by atoms with Gasteiger partial charge in [0.25, 0.3) is 14.6 Å². The molecule has 12 heavy (non-hydrogen) atoms. The minimum absolute atomic E-state index is 0.0960. The summed E-state index contributed by atoms with van der Waals surface area (Å²) in [6.07, 6.45) is 1.07. The molecule has 1 N–H and O–H groups in total. The van der Waals surface area contributed by atoms with Crippen LogP contribution >= 0.6 is 10.7 Å². The summed E-state index contributed by atoms with van der Waals surface area (Å²) in [5.41, 5.74) is -0.00390. The summed E-state index contributed by atoms with van der Waals surface area (Å²) in [4.78, 5) is 13.0. The van der Waals surface area contributed by atoms with Crippen molar-refractivity contribution in [1.82, 2.24) is 4.98 Å². The van der Waals surface area contributed by atoms with Gasteiger partial charge in [0, 0.05) is 22.4 Å². The maximum absolute atomic E-state index is 10.8. The fourth-order valence-corrected chi connectivity index (χ4v) is 1.50. The molecule has 0 radical (unpaired) electrons. The molecule has 0 unspecified atom stereocenters. The first-order valence-corrected chi connectivity index (χ1v) is 5.36. The maximum Gasteiger partial charge on any atom is 0.262 e. The van der Waals surface area contributed by atoms with Gasteiger partial charge >= 0.3 is 0 Å². The summed E-state index contributed by atoms with van der Waals surface area (Å²) < 4.78 is 21.5. The maximum atomic E-state index is 10.8. The van der Waals surface area contributed by atoms with E-state index in [4.69, 9.17) is 10.7 Å². The van der Waals surface area contributed by atoms with E-state index >= 15 is 0 Å². The molecule has 0 amide bonds. The van der Waals surface area contributed by atoms with Crippen LogP contribution in [0.2, 0.25) is 0 Å². The van der Waals surface area contributed by atoms with Gasteiger partial charge in [-0.25, -0.2) is 8.42 Å². The largest absolute Gasteiger partial charge is 0.328 e. The number of aromatic nitrogens is 1. The fourth-order valence-electron chi connectivity index (χ4n) is 0.712.